The van der Waals surface area contributed by atoms with E-state index < -0.39 is 0 Å². The second kappa shape index (κ2) is 6.20. The third kappa shape index (κ3) is 3.77. The standard InChI is InChI=1S/C14H24N4OS/c1-14(2,3)13-16-11(10-20-13)9-17-4-6-18(7-5-17)12(19)8-15/h10H,4-9,15H2,1-3H3. The zero-order chi connectivity index (χ0) is 14.8. The predicted molar refractivity (Wildman–Crippen MR) is 81.7 cm³/mol. The van der Waals surface area contributed by atoms with E-state index in [2.05, 4.69) is 31.1 Å². The molecule has 2 heterocycles. The molecule has 1 aliphatic heterocycles. The van der Waals surface area contributed by atoms with Crippen molar-refractivity contribution in [2.45, 2.75) is 32.7 Å². The summed E-state index contributed by atoms with van der Waals surface area (Å²) in [5.74, 6) is 0.0494. The fraction of sp³-hybridized carbons (Fsp3) is 0.714. The summed E-state index contributed by atoms with van der Waals surface area (Å²) in [5, 5.41) is 3.34. The molecule has 1 aliphatic rings. The summed E-state index contributed by atoms with van der Waals surface area (Å²) in [7, 11) is 0. The smallest absolute Gasteiger partial charge is 0.236 e. The van der Waals surface area contributed by atoms with Crippen molar-refractivity contribution in [2.24, 2.45) is 5.73 Å². The molecule has 6 heteroatoms. The molecular formula is C14H24N4OS. The van der Waals surface area contributed by atoms with Gasteiger partial charge in [-0.05, 0) is 0 Å². The lowest BCUT2D eigenvalue weighted by molar-refractivity contribution is -0.131. The fourth-order valence-electron chi connectivity index (χ4n) is 2.24. The van der Waals surface area contributed by atoms with Gasteiger partial charge in [0.05, 0.1) is 17.2 Å². The molecule has 0 aromatic carbocycles. The molecule has 112 valence electrons. The van der Waals surface area contributed by atoms with Crippen molar-refractivity contribution >= 4 is 17.2 Å². The van der Waals surface area contributed by atoms with Crippen molar-refractivity contribution < 1.29 is 4.79 Å². The summed E-state index contributed by atoms with van der Waals surface area (Å²) < 4.78 is 0. The van der Waals surface area contributed by atoms with E-state index in [0.717, 1.165) is 38.4 Å². The molecule has 0 spiro atoms. The van der Waals surface area contributed by atoms with Gasteiger partial charge in [0.25, 0.3) is 0 Å². The third-order valence-electron chi connectivity index (χ3n) is 3.48. The summed E-state index contributed by atoms with van der Waals surface area (Å²) in [5.41, 5.74) is 6.65. The first-order valence-electron chi connectivity index (χ1n) is 7.05. The molecular weight excluding hydrogens is 272 g/mol. The number of aromatic nitrogens is 1. The molecule has 0 atom stereocenters. The van der Waals surface area contributed by atoms with E-state index in [4.69, 9.17) is 10.7 Å². The van der Waals surface area contributed by atoms with Crippen LogP contribution in [0.25, 0.3) is 0 Å². The Morgan fingerprint density at radius 3 is 2.50 bits per heavy atom. The number of hydrogen-bond donors (Lipinski definition) is 1. The van der Waals surface area contributed by atoms with Gasteiger partial charge in [-0.15, -0.1) is 11.3 Å². The Kier molecular flexibility index (Phi) is 4.78. The number of nitrogens with two attached hydrogens (primary N) is 1. The molecule has 2 rings (SSSR count). The Morgan fingerprint density at radius 2 is 2.00 bits per heavy atom. The summed E-state index contributed by atoms with van der Waals surface area (Å²) >= 11 is 1.74. The lowest BCUT2D eigenvalue weighted by Gasteiger charge is -2.34. The fourth-order valence-corrected chi connectivity index (χ4v) is 3.14. The van der Waals surface area contributed by atoms with E-state index in [-0.39, 0.29) is 17.9 Å². The van der Waals surface area contributed by atoms with E-state index >= 15 is 0 Å². The van der Waals surface area contributed by atoms with Gasteiger partial charge in [0.1, 0.15) is 0 Å². The maximum absolute atomic E-state index is 11.5. The number of hydrogen-bond acceptors (Lipinski definition) is 5. The van der Waals surface area contributed by atoms with E-state index in [1.54, 1.807) is 11.3 Å². The number of amides is 1. The minimum Gasteiger partial charge on any atom is -0.339 e. The average Bonchev–Trinajstić information content (AvgIpc) is 2.87. The van der Waals surface area contributed by atoms with Crippen LogP contribution in [0.1, 0.15) is 31.5 Å². The van der Waals surface area contributed by atoms with Crippen molar-refractivity contribution in [1.82, 2.24) is 14.8 Å². The van der Waals surface area contributed by atoms with E-state index in [9.17, 15) is 4.79 Å². The number of piperazine rings is 1. The van der Waals surface area contributed by atoms with E-state index in [1.807, 2.05) is 4.90 Å². The molecule has 1 saturated heterocycles. The van der Waals surface area contributed by atoms with Gasteiger partial charge in [0, 0.05) is 43.5 Å². The normalized spacial score (nSPS) is 17.5. The summed E-state index contributed by atoms with van der Waals surface area (Å²) in [6.07, 6.45) is 0. The minimum absolute atomic E-state index is 0.0494. The predicted octanol–water partition coefficient (Wildman–Crippen LogP) is 1.04. The maximum atomic E-state index is 11.5. The van der Waals surface area contributed by atoms with Crippen LogP contribution < -0.4 is 5.73 Å². The van der Waals surface area contributed by atoms with Gasteiger partial charge < -0.3 is 10.6 Å². The van der Waals surface area contributed by atoms with Crippen LogP contribution in [0.3, 0.4) is 0 Å². The lowest BCUT2D eigenvalue weighted by Crippen LogP contribution is -2.49. The quantitative estimate of drug-likeness (QED) is 0.905. The van der Waals surface area contributed by atoms with Crippen LogP contribution in [0.4, 0.5) is 0 Å². The first-order chi connectivity index (χ1) is 9.40. The van der Waals surface area contributed by atoms with Crippen LogP contribution in [0, 0.1) is 0 Å². The molecule has 1 fully saturated rings. The number of carbonyl (C=O) groups excluding carboxylic acids is 1. The molecule has 0 saturated carbocycles. The van der Waals surface area contributed by atoms with Gasteiger partial charge in [0.2, 0.25) is 5.91 Å². The monoisotopic (exact) mass is 296 g/mol. The first-order valence-corrected chi connectivity index (χ1v) is 7.93. The first kappa shape index (κ1) is 15.4. The zero-order valence-corrected chi connectivity index (χ0v) is 13.4. The molecule has 0 radical (unpaired) electrons. The van der Waals surface area contributed by atoms with Gasteiger partial charge >= 0.3 is 0 Å². The Morgan fingerprint density at radius 1 is 1.35 bits per heavy atom. The Hall–Kier alpha value is -0.980. The molecule has 1 aromatic rings. The van der Waals surface area contributed by atoms with Gasteiger partial charge in [-0.2, -0.15) is 0 Å². The third-order valence-corrected chi connectivity index (χ3v) is 4.80. The van der Waals surface area contributed by atoms with Crippen LogP contribution >= 0.6 is 11.3 Å². The Labute approximate surface area is 124 Å². The number of rotatable bonds is 3. The van der Waals surface area contributed by atoms with Crippen molar-refractivity contribution in [3.8, 4) is 0 Å². The van der Waals surface area contributed by atoms with Crippen molar-refractivity contribution in [1.29, 1.82) is 0 Å². The van der Waals surface area contributed by atoms with Crippen LogP contribution in [0.15, 0.2) is 5.38 Å². The highest BCUT2D eigenvalue weighted by Gasteiger charge is 2.22. The van der Waals surface area contributed by atoms with Crippen molar-refractivity contribution in [3.63, 3.8) is 0 Å². The molecule has 20 heavy (non-hydrogen) atoms. The Bertz CT molecular complexity index is 458. The van der Waals surface area contributed by atoms with Crippen LogP contribution in [-0.4, -0.2) is 53.4 Å². The lowest BCUT2D eigenvalue weighted by atomic mass is 9.98. The van der Waals surface area contributed by atoms with Gasteiger partial charge in [-0.1, -0.05) is 20.8 Å². The maximum Gasteiger partial charge on any atom is 0.236 e. The van der Waals surface area contributed by atoms with Crippen molar-refractivity contribution in [3.05, 3.63) is 16.1 Å². The second-order valence-electron chi connectivity index (χ2n) is 6.26. The van der Waals surface area contributed by atoms with E-state index in [1.165, 1.54) is 5.01 Å². The molecule has 1 amide bonds. The SMILES string of the molecule is CC(C)(C)c1nc(CN2CCN(C(=O)CN)CC2)cs1. The molecule has 0 unspecified atom stereocenters. The number of thiazole rings is 1. The topological polar surface area (TPSA) is 62.5 Å². The zero-order valence-electron chi connectivity index (χ0n) is 12.6. The van der Waals surface area contributed by atoms with Gasteiger partial charge in [0.15, 0.2) is 0 Å². The van der Waals surface area contributed by atoms with Crippen molar-refractivity contribution in [2.75, 3.05) is 32.7 Å². The summed E-state index contributed by atoms with van der Waals surface area (Å²) in [4.78, 5) is 20.4. The second-order valence-corrected chi connectivity index (χ2v) is 7.11. The highest BCUT2D eigenvalue weighted by molar-refractivity contribution is 7.09. The molecule has 0 bridgehead atoms. The van der Waals surface area contributed by atoms with Crippen LogP contribution in [0.5, 0.6) is 0 Å². The average molecular weight is 296 g/mol. The minimum atomic E-state index is 0.0494. The number of nitrogens with zero attached hydrogens (tertiary/aromatic N) is 3. The molecule has 5 nitrogen and oxygen atoms in total. The molecule has 2 N–H and O–H groups in total. The number of carbonyl (C=O) groups is 1. The van der Waals surface area contributed by atoms with Crippen LogP contribution in [0.2, 0.25) is 0 Å². The largest absolute Gasteiger partial charge is 0.339 e. The highest BCUT2D eigenvalue weighted by atomic mass is 32.1. The highest BCUT2D eigenvalue weighted by Crippen LogP contribution is 2.26. The molecule has 0 aliphatic carbocycles. The summed E-state index contributed by atoms with van der Waals surface area (Å²) in [6, 6.07) is 0. The Balaban J connectivity index is 1.87. The van der Waals surface area contributed by atoms with Gasteiger partial charge in [-0.3, -0.25) is 9.69 Å². The summed E-state index contributed by atoms with van der Waals surface area (Å²) in [6.45, 7) is 10.9. The molecule has 1 aromatic heterocycles. The van der Waals surface area contributed by atoms with Crippen LogP contribution in [-0.2, 0) is 16.8 Å². The van der Waals surface area contributed by atoms with Gasteiger partial charge in [-0.25, -0.2) is 4.98 Å². The van der Waals surface area contributed by atoms with E-state index in [0.29, 0.717) is 0 Å².